The van der Waals surface area contributed by atoms with Crippen LogP contribution in [0.2, 0.25) is 0 Å². The molecule has 1 rings (SSSR count). The van der Waals surface area contributed by atoms with Crippen LogP contribution in [0.1, 0.15) is 11.3 Å². The molecular weight excluding hydrogens is 257 g/mol. The lowest BCUT2D eigenvalue weighted by atomic mass is 10.2. The summed E-state index contributed by atoms with van der Waals surface area (Å²) >= 11 is 0. The van der Waals surface area contributed by atoms with Crippen molar-refractivity contribution in [3.05, 3.63) is 17.5 Å². The number of alkyl halides is 3. The Bertz CT molecular complexity index is 439. The molecular formula is C6H6ClF3N2O2S. The Morgan fingerprint density at radius 1 is 1.47 bits per heavy atom. The van der Waals surface area contributed by atoms with Crippen LogP contribution in [0.4, 0.5) is 13.2 Å². The normalized spacial score (nSPS) is 13.1. The molecule has 1 aromatic heterocycles. The van der Waals surface area contributed by atoms with Crippen molar-refractivity contribution in [3.8, 4) is 0 Å². The van der Waals surface area contributed by atoms with Crippen molar-refractivity contribution in [3.63, 3.8) is 0 Å². The number of nitrogens with one attached hydrogen (secondary N) is 1. The van der Waals surface area contributed by atoms with Crippen LogP contribution < -0.4 is 0 Å². The van der Waals surface area contributed by atoms with Gasteiger partial charge in [-0.2, -0.15) is 18.3 Å². The largest absolute Gasteiger partial charge is 0.433 e. The monoisotopic (exact) mass is 262 g/mol. The maximum absolute atomic E-state index is 12.2. The Morgan fingerprint density at radius 3 is 2.53 bits per heavy atom. The number of H-pyrrole nitrogens is 1. The molecule has 0 amide bonds. The predicted molar refractivity (Wildman–Crippen MR) is 46.9 cm³/mol. The quantitative estimate of drug-likeness (QED) is 0.841. The molecule has 0 spiro atoms. The van der Waals surface area contributed by atoms with E-state index in [1.54, 1.807) is 5.10 Å². The number of nitrogens with zero attached hydrogens (tertiary/aromatic N) is 1. The highest BCUT2D eigenvalue weighted by molar-refractivity contribution is 8.13. The molecule has 86 valence electrons. The fraction of sp³-hybridized carbons (Fsp3) is 0.500. The van der Waals surface area contributed by atoms with Crippen LogP contribution in [-0.4, -0.2) is 24.4 Å². The van der Waals surface area contributed by atoms with Gasteiger partial charge in [0.2, 0.25) is 9.05 Å². The molecule has 1 N–H and O–H groups in total. The second-order valence-corrected chi connectivity index (χ2v) is 5.66. The van der Waals surface area contributed by atoms with Crippen LogP contribution in [0, 0.1) is 0 Å². The third kappa shape index (κ3) is 3.71. The molecule has 9 heteroatoms. The highest BCUT2D eigenvalue weighted by atomic mass is 35.7. The van der Waals surface area contributed by atoms with Gasteiger partial charge >= 0.3 is 6.18 Å². The highest BCUT2D eigenvalue weighted by Crippen LogP contribution is 2.30. The van der Waals surface area contributed by atoms with Crippen LogP contribution in [0.25, 0.3) is 0 Å². The lowest BCUT2D eigenvalue weighted by molar-refractivity contribution is -0.141. The van der Waals surface area contributed by atoms with Crippen molar-refractivity contribution >= 4 is 19.7 Å². The number of aromatic amines is 1. The number of rotatable bonds is 3. The van der Waals surface area contributed by atoms with Crippen molar-refractivity contribution in [2.24, 2.45) is 0 Å². The molecule has 0 bridgehead atoms. The van der Waals surface area contributed by atoms with Crippen LogP contribution in [0.5, 0.6) is 0 Å². The van der Waals surface area contributed by atoms with E-state index in [-0.39, 0.29) is 12.0 Å². The second-order valence-electron chi connectivity index (χ2n) is 2.76. The third-order valence-electron chi connectivity index (χ3n) is 1.62. The van der Waals surface area contributed by atoms with Crippen molar-refractivity contribution in [2.45, 2.75) is 12.6 Å². The van der Waals surface area contributed by atoms with Crippen molar-refractivity contribution in [1.29, 1.82) is 0 Å². The van der Waals surface area contributed by atoms with Gasteiger partial charge in [-0.1, -0.05) is 0 Å². The molecule has 0 saturated heterocycles. The summed E-state index contributed by atoms with van der Waals surface area (Å²) in [4.78, 5) is 0. The molecule has 15 heavy (non-hydrogen) atoms. The van der Waals surface area contributed by atoms with Crippen molar-refractivity contribution < 1.29 is 21.6 Å². The molecule has 0 radical (unpaired) electrons. The number of hydrogen-bond acceptors (Lipinski definition) is 3. The summed E-state index contributed by atoms with van der Waals surface area (Å²) in [5.74, 6) is -0.558. The van der Waals surface area contributed by atoms with E-state index in [1.165, 1.54) is 0 Å². The minimum Gasteiger partial charge on any atom is -0.273 e. The van der Waals surface area contributed by atoms with E-state index < -0.39 is 26.7 Å². The van der Waals surface area contributed by atoms with Gasteiger partial charge in [0.05, 0.1) is 11.9 Å². The smallest absolute Gasteiger partial charge is 0.273 e. The van der Waals surface area contributed by atoms with Gasteiger partial charge < -0.3 is 0 Å². The lowest BCUT2D eigenvalue weighted by Crippen LogP contribution is -2.11. The fourth-order valence-corrected chi connectivity index (χ4v) is 1.67. The zero-order valence-corrected chi connectivity index (χ0v) is 8.75. The molecule has 0 aliphatic rings. The van der Waals surface area contributed by atoms with Gasteiger partial charge in [-0.05, 0) is 6.42 Å². The predicted octanol–water partition coefficient (Wildman–Crippen LogP) is 1.54. The molecule has 0 saturated carbocycles. The molecule has 0 aliphatic carbocycles. The van der Waals surface area contributed by atoms with Crippen LogP contribution in [0.15, 0.2) is 6.20 Å². The van der Waals surface area contributed by atoms with Gasteiger partial charge in [-0.15, -0.1) is 0 Å². The summed E-state index contributed by atoms with van der Waals surface area (Å²) in [6.07, 6.45) is -3.95. The molecule has 1 heterocycles. The lowest BCUT2D eigenvalue weighted by Gasteiger charge is -2.05. The molecule has 0 unspecified atom stereocenters. The Balaban J connectivity index is 2.84. The summed E-state index contributed by atoms with van der Waals surface area (Å²) in [5, 5.41) is 4.98. The maximum Gasteiger partial charge on any atom is 0.433 e. The number of aryl methyl sites for hydroxylation is 1. The molecule has 0 atom stereocenters. The summed E-state index contributed by atoms with van der Waals surface area (Å²) in [6.45, 7) is 0. The van der Waals surface area contributed by atoms with Gasteiger partial charge in [0.15, 0.2) is 0 Å². The second kappa shape index (κ2) is 4.01. The van der Waals surface area contributed by atoms with E-state index in [9.17, 15) is 21.6 Å². The Labute approximate surface area is 87.9 Å². The summed E-state index contributed by atoms with van der Waals surface area (Å²) in [5.41, 5.74) is -1.26. The first kappa shape index (κ1) is 12.3. The Morgan fingerprint density at radius 2 is 2.07 bits per heavy atom. The SMILES string of the molecule is O=S(=O)(Cl)CCc1cn[nH]c1C(F)(F)F. The number of hydrogen-bond donors (Lipinski definition) is 1. The zero-order chi connectivity index (χ0) is 11.7. The van der Waals surface area contributed by atoms with Crippen LogP contribution >= 0.6 is 10.7 Å². The van der Waals surface area contributed by atoms with Gasteiger partial charge in [-0.25, -0.2) is 8.42 Å². The van der Waals surface area contributed by atoms with Gasteiger partial charge in [0.25, 0.3) is 0 Å². The molecule has 0 aromatic carbocycles. The summed E-state index contributed by atoms with van der Waals surface area (Å²) < 4.78 is 57.8. The Hall–Kier alpha value is -0.760. The first-order chi connectivity index (χ1) is 6.70. The topological polar surface area (TPSA) is 62.8 Å². The number of aromatic nitrogens is 2. The van der Waals surface area contributed by atoms with Gasteiger partial charge in [-0.3, -0.25) is 5.10 Å². The average molecular weight is 263 g/mol. The molecule has 1 aromatic rings. The number of halogens is 4. The molecule has 4 nitrogen and oxygen atoms in total. The van der Waals surface area contributed by atoms with Gasteiger partial charge in [0.1, 0.15) is 5.69 Å². The minimum absolute atomic E-state index is 0.216. The van der Waals surface area contributed by atoms with E-state index in [4.69, 9.17) is 10.7 Å². The van der Waals surface area contributed by atoms with E-state index in [2.05, 4.69) is 5.10 Å². The van der Waals surface area contributed by atoms with Crippen LogP contribution in [0.3, 0.4) is 0 Å². The first-order valence-corrected chi connectivity index (χ1v) is 6.20. The summed E-state index contributed by atoms with van der Waals surface area (Å²) in [7, 11) is 1.08. The van der Waals surface area contributed by atoms with Crippen molar-refractivity contribution in [2.75, 3.05) is 5.75 Å². The van der Waals surface area contributed by atoms with E-state index in [0.717, 1.165) is 6.20 Å². The molecule has 0 aliphatic heterocycles. The standard InChI is InChI=1S/C6H6ClF3N2O2S/c7-15(13,14)2-1-4-3-11-12-5(4)6(8,9)10/h3H,1-2H2,(H,11,12). The maximum atomic E-state index is 12.2. The highest BCUT2D eigenvalue weighted by Gasteiger charge is 2.35. The minimum atomic E-state index is -4.57. The first-order valence-electron chi connectivity index (χ1n) is 3.72. The fourth-order valence-electron chi connectivity index (χ4n) is 0.978. The molecule has 0 fully saturated rings. The average Bonchev–Trinajstić information content (AvgIpc) is 2.45. The van der Waals surface area contributed by atoms with Crippen LogP contribution in [-0.2, 0) is 21.6 Å². The summed E-state index contributed by atoms with van der Waals surface area (Å²) in [6, 6.07) is 0. The van der Waals surface area contributed by atoms with E-state index in [1.807, 2.05) is 0 Å². The third-order valence-corrected chi connectivity index (χ3v) is 2.77. The Kier molecular flexibility index (Phi) is 3.29. The zero-order valence-electron chi connectivity index (χ0n) is 7.18. The van der Waals surface area contributed by atoms with E-state index >= 15 is 0 Å². The van der Waals surface area contributed by atoms with E-state index in [0.29, 0.717) is 0 Å². The van der Waals surface area contributed by atoms with Gasteiger partial charge in [0, 0.05) is 16.2 Å². The van der Waals surface area contributed by atoms with Crippen molar-refractivity contribution in [1.82, 2.24) is 10.2 Å².